The van der Waals surface area contributed by atoms with E-state index < -0.39 is 28.8 Å². The molecule has 0 aliphatic carbocycles. The molecule has 4 aromatic rings. The quantitative estimate of drug-likeness (QED) is 0.151. The minimum atomic E-state index is -1.10. The second-order valence-electron chi connectivity index (χ2n) is 8.34. The first-order chi connectivity index (χ1) is 18.2. The average molecular weight is 557 g/mol. The number of aliphatic carboxylic acids is 1. The normalized spacial score (nSPS) is 11.7. The van der Waals surface area contributed by atoms with Crippen LogP contribution in [0.4, 0.5) is 17.1 Å². The van der Waals surface area contributed by atoms with Crippen molar-refractivity contribution in [3.8, 4) is 0 Å². The maximum atomic E-state index is 12.6. The summed E-state index contributed by atoms with van der Waals surface area (Å²) < 4.78 is 1.89. The Labute approximate surface area is 226 Å². The number of aryl methyl sites for hydroxylation is 1. The lowest BCUT2D eigenvalue weighted by Crippen LogP contribution is -2.38. The SMILES string of the molecule is O=C(O)C[C@H](Nc1c(NCCCn2ccnc2)c(=O)c1=O)c1ccc(NC(=O)c2c(Cl)cncc2Cl)cc1. The molecule has 0 aliphatic rings. The summed E-state index contributed by atoms with van der Waals surface area (Å²) in [7, 11) is 0. The highest BCUT2D eigenvalue weighted by Gasteiger charge is 2.25. The van der Waals surface area contributed by atoms with Crippen LogP contribution in [0.15, 0.2) is 65.0 Å². The molecule has 1 atom stereocenters. The van der Waals surface area contributed by atoms with Crippen LogP contribution in [0.1, 0.15) is 34.8 Å². The van der Waals surface area contributed by atoms with E-state index in [0.717, 1.165) is 0 Å². The molecule has 2 aromatic heterocycles. The summed E-state index contributed by atoms with van der Waals surface area (Å²) >= 11 is 12.1. The van der Waals surface area contributed by atoms with E-state index in [4.69, 9.17) is 23.2 Å². The Morgan fingerprint density at radius 1 is 1.00 bits per heavy atom. The van der Waals surface area contributed by atoms with Gasteiger partial charge in [0.2, 0.25) is 0 Å². The van der Waals surface area contributed by atoms with Gasteiger partial charge in [0.25, 0.3) is 16.8 Å². The van der Waals surface area contributed by atoms with E-state index in [0.29, 0.717) is 30.8 Å². The number of carboxylic acid groups (broad SMARTS) is 1. The van der Waals surface area contributed by atoms with Gasteiger partial charge in [-0.3, -0.25) is 24.2 Å². The van der Waals surface area contributed by atoms with Gasteiger partial charge in [-0.05, 0) is 24.1 Å². The number of halogens is 2. The van der Waals surface area contributed by atoms with E-state index in [9.17, 15) is 24.3 Å². The van der Waals surface area contributed by atoms with E-state index in [1.807, 2.05) is 10.8 Å². The molecule has 0 spiro atoms. The summed E-state index contributed by atoms with van der Waals surface area (Å²) in [6.45, 7) is 1.11. The number of anilines is 3. The van der Waals surface area contributed by atoms with Crippen molar-refractivity contribution in [2.75, 3.05) is 22.5 Å². The van der Waals surface area contributed by atoms with Gasteiger partial charge in [-0.1, -0.05) is 35.3 Å². The molecule has 0 saturated heterocycles. The number of hydrogen-bond donors (Lipinski definition) is 4. The predicted molar refractivity (Wildman–Crippen MR) is 144 cm³/mol. The fourth-order valence-electron chi connectivity index (χ4n) is 3.81. The Balaban J connectivity index is 1.44. The molecule has 196 valence electrons. The van der Waals surface area contributed by atoms with Gasteiger partial charge >= 0.3 is 5.97 Å². The lowest BCUT2D eigenvalue weighted by molar-refractivity contribution is -0.137. The molecule has 38 heavy (non-hydrogen) atoms. The fourth-order valence-corrected chi connectivity index (χ4v) is 4.35. The highest BCUT2D eigenvalue weighted by atomic mass is 35.5. The van der Waals surface area contributed by atoms with Crippen LogP contribution in [0, 0.1) is 0 Å². The highest BCUT2D eigenvalue weighted by molar-refractivity contribution is 6.40. The topological polar surface area (TPSA) is 155 Å². The number of nitrogens with one attached hydrogen (secondary N) is 3. The molecule has 1 amide bonds. The van der Waals surface area contributed by atoms with Crippen LogP contribution < -0.4 is 26.8 Å². The van der Waals surface area contributed by atoms with Crippen LogP contribution in [0.5, 0.6) is 0 Å². The number of aromatic nitrogens is 3. The minimum Gasteiger partial charge on any atom is -0.481 e. The van der Waals surface area contributed by atoms with Crippen LogP contribution in [0.2, 0.25) is 10.0 Å². The molecule has 13 heteroatoms. The largest absolute Gasteiger partial charge is 0.481 e. The van der Waals surface area contributed by atoms with Gasteiger partial charge in [0, 0.05) is 43.6 Å². The summed E-state index contributed by atoms with van der Waals surface area (Å²) in [5.74, 6) is -1.64. The van der Waals surface area contributed by atoms with E-state index in [1.165, 1.54) is 12.4 Å². The summed E-state index contributed by atoms with van der Waals surface area (Å²) in [6, 6.07) is 5.55. The van der Waals surface area contributed by atoms with Crippen molar-refractivity contribution in [1.82, 2.24) is 14.5 Å². The maximum absolute atomic E-state index is 12.6. The molecule has 0 unspecified atom stereocenters. The van der Waals surface area contributed by atoms with Crippen molar-refractivity contribution < 1.29 is 14.7 Å². The van der Waals surface area contributed by atoms with Crippen LogP contribution in [-0.4, -0.2) is 38.1 Å². The Bertz CT molecular complexity index is 1490. The van der Waals surface area contributed by atoms with Gasteiger partial charge < -0.3 is 25.6 Å². The number of benzene rings is 1. The first kappa shape index (κ1) is 26.8. The molecular formula is C25H22Cl2N6O5. The van der Waals surface area contributed by atoms with Crippen molar-refractivity contribution in [3.63, 3.8) is 0 Å². The second-order valence-corrected chi connectivity index (χ2v) is 9.15. The summed E-state index contributed by atoms with van der Waals surface area (Å²) in [4.78, 5) is 56.3. The van der Waals surface area contributed by atoms with Crippen molar-refractivity contribution in [2.45, 2.75) is 25.4 Å². The zero-order valence-corrected chi connectivity index (χ0v) is 21.3. The second kappa shape index (κ2) is 11.9. The van der Waals surface area contributed by atoms with Crippen LogP contribution >= 0.6 is 23.2 Å². The average Bonchev–Trinajstić information content (AvgIpc) is 3.40. The summed E-state index contributed by atoms with van der Waals surface area (Å²) in [5, 5.41) is 18.2. The summed E-state index contributed by atoms with van der Waals surface area (Å²) in [5.41, 5.74) is -0.184. The van der Waals surface area contributed by atoms with E-state index in [1.54, 1.807) is 36.8 Å². The molecule has 0 fully saturated rings. The van der Waals surface area contributed by atoms with Gasteiger partial charge in [0.05, 0.1) is 34.4 Å². The number of nitrogens with zero attached hydrogens (tertiary/aromatic N) is 3. The molecule has 2 aromatic carbocycles. The number of imidazole rings is 1. The number of rotatable bonds is 12. The number of amides is 1. The Morgan fingerprint density at radius 2 is 1.68 bits per heavy atom. The van der Waals surface area contributed by atoms with Crippen molar-refractivity contribution in [1.29, 1.82) is 0 Å². The Hall–Kier alpha value is -4.22. The predicted octanol–water partition coefficient (Wildman–Crippen LogP) is 3.56. The zero-order chi connectivity index (χ0) is 27.2. The third-order valence-electron chi connectivity index (χ3n) is 5.71. The number of carbonyl (C=O) groups is 2. The molecule has 11 nitrogen and oxygen atoms in total. The molecule has 4 N–H and O–H groups in total. The van der Waals surface area contributed by atoms with Gasteiger partial charge in [-0.15, -0.1) is 0 Å². The fraction of sp³-hybridized carbons (Fsp3) is 0.200. The third-order valence-corrected chi connectivity index (χ3v) is 6.29. The number of carboxylic acids is 1. The summed E-state index contributed by atoms with van der Waals surface area (Å²) in [6.07, 6.45) is 8.10. The van der Waals surface area contributed by atoms with Crippen LogP contribution in [0.25, 0.3) is 0 Å². The lowest BCUT2D eigenvalue weighted by atomic mass is 10.0. The number of carbonyl (C=O) groups excluding carboxylic acids is 1. The van der Waals surface area contributed by atoms with Gasteiger partial charge in [0.1, 0.15) is 11.4 Å². The Morgan fingerprint density at radius 3 is 2.32 bits per heavy atom. The molecule has 0 radical (unpaired) electrons. The minimum absolute atomic E-state index is 0.0447. The van der Waals surface area contributed by atoms with Crippen LogP contribution in [-0.2, 0) is 11.3 Å². The monoisotopic (exact) mass is 556 g/mol. The number of hydrogen-bond acceptors (Lipinski definition) is 8. The first-order valence-electron chi connectivity index (χ1n) is 11.5. The molecule has 2 heterocycles. The Kier molecular flexibility index (Phi) is 8.39. The molecule has 4 rings (SSSR count). The van der Waals surface area contributed by atoms with E-state index in [-0.39, 0.29) is 33.4 Å². The van der Waals surface area contributed by atoms with Gasteiger partial charge in [-0.25, -0.2) is 4.98 Å². The number of pyridine rings is 1. The molecule has 0 bridgehead atoms. The van der Waals surface area contributed by atoms with E-state index >= 15 is 0 Å². The van der Waals surface area contributed by atoms with Gasteiger partial charge in [-0.2, -0.15) is 0 Å². The van der Waals surface area contributed by atoms with E-state index in [2.05, 4.69) is 25.9 Å². The lowest BCUT2D eigenvalue weighted by Gasteiger charge is -2.22. The molecule has 0 aliphatic heterocycles. The zero-order valence-electron chi connectivity index (χ0n) is 19.8. The molecular weight excluding hydrogens is 535 g/mol. The standard InChI is InChI=1S/C25H22Cl2N6O5/c26-16-11-29-12-17(27)20(16)25(38)31-15-4-2-14(3-5-15)18(10-19(34)35)32-22-21(23(36)24(22)37)30-6-1-8-33-9-7-28-13-33/h2-5,7,9,11-13,18,30,32H,1,6,8,10H2,(H,31,38)(H,34,35)/t18-/m0/s1. The highest BCUT2D eigenvalue weighted by Crippen LogP contribution is 2.28. The third kappa shape index (κ3) is 6.18. The van der Waals surface area contributed by atoms with Gasteiger partial charge in [0.15, 0.2) is 0 Å². The van der Waals surface area contributed by atoms with Crippen molar-refractivity contribution in [3.05, 3.63) is 97.0 Å². The van der Waals surface area contributed by atoms with Crippen molar-refractivity contribution >= 4 is 52.1 Å². The van der Waals surface area contributed by atoms with Crippen LogP contribution in [0.3, 0.4) is 0 Å². The molecule has 0 saturated carbocycles. The maximum Gasteiger partial charge on any atom is 0.305 e. The first-order valence-corrected chi connectivity index (χ1v) is 12.2. The smallest absolute Gasteiger partial charge is 0.305 e. The van der Waals surface area contributed by atoms with Crippen molar-refractivity contribution in [2.24, 2.45) is 0 Å².